The molecule has 0 amide bonds. The summed E-state index contributed by atoms with van der Waals surface area (Å²) in [6.07, 6.45) is 2.50. The number of esters is 1. The first kappa shape index (κ1) is 26.3. The quantitative estimate of drug-likeness (QED) is 0.176. The van der Waals surface area contributed by atoms with E-state index in [0.29, 0.717) is 5.56 Å². The molecule has 11 nitrogen and oxygen atoms in total. The summed E-state index contributed by atoms with van der Waals surface area (Å²) in [5, 5.41) is 14.9. The van der Waals surface area contributed by atoms with Gasteiger partial charge in [0.15, 0.2) is 0 Å². The normalized spacial score (nSPS) is 11.2. The molecule has 0 aliphatic heterocycles. The number of halogens is 1. The lowest BCUT2D eigenvalue weighted by molar-refractivity contribution is -0.387. The summed E-state index contributed by atoms with van der Waals surface area (Å²) in [5.41, 5.74) is 0.983. The van der Waals surface area contributed by atoms with E-state index >= 15 is 0 Å². The molecule has 2 heterocycles. The van der Waals surface area contributed by atoms with Crippen LogP contribution in [0.1, 0.15) is 38.1 Å². The predicted octanol–water partition coefficient (Wildman–Crippen LogP) is 5.30. The van der Waals surface area contributed by atoms with Crippen LogP contribution in [0.25, 0.3) is 22.2 Å². The van der Waals surface area contributed by atoms with Crippen molar-refractivity contribution in [3.63, 3.8) is 0 Å². The molecule has 0 spiro atoms. The van der Waals surface area contributed by atoms with E-state index in [1.165, 1.54) is 13.3 Å². The van der Waals surface area contributed by atoms with Crippen LogP contribution in [0.4, 0.5) is 21.7 Å². The van der Waals surface area contributed by atoms with Gasteiger partial charge in [-0.3, -0.25) is 10.1 Å². The van der Waals surface area contributed by atoms with E-state index in [1.807, 2.05) is 38.1 Å². The number of ether oxygens (including phenoxy) is 2. The molecule has 0 aliphatic rings. The Morgan fingerprint density at radius 1 is 1.16 bits per heavy atom. The number of anilines is 2. The summed E-state index contributed by atoms with van der Waals surface area (Å²) in [6.45, 7) is 7.23. The molecule has 4 rings (SSSR count). The molecule has 12 heteroatoms. The van der Waals surface area contributed by atoms with Crippen molar-refractivity contribution in [3.8, 4) is 17.0 Å². The first-order valence-electron chi connectivity index (χ1n) is 11.7. The number of hydrogen-bond acceptors (Lipinski definition) is 9. The van der Waals surface area contributed by atoms with Crippen molar-refractivity contribution in [2.45, 2.75) is 39.9 Å². The van der Waals surface area contributed by atoms with Crippen LogP contribution in [0.3, 0.4) is 0 Å². The fourth-order valence-electron chi connectivity index (χ4n) is 3.80. The van der Waals surface area contributed by atoms with Gasteiger partial charge in [-0.05, 0) is 33.8 Å². The van der Waals surface area contributed by atoms with Gasteiger partial charge in [0.25, 0.3) is 0 Å². The molecule has 1 N–H and O–H groups in total. The van der Waals surface area contributed by atoms with E-state index in [2.05, 4.69) is 15.3 Å². The lowest BCUT2D eigenvalue weighted by Crippen LogP contribution is -2.17. The molecule has 38 heavy (non-hydrogen) atoms. The molecule has 4 aromatic rings. The van der Waals surface area contributed by atoms with Gasteiger partial charge < -0.3 is 19.6 Å². The summed E-state index contributed by atoms with van der Waals surface area (Å²) in [4.78, 5) is 38.1. The van der Waals surface area contributed by atoms with E-state index in [4.69, 9.17) is 14.3 Å². The zero-order valence-corrected chi connectivity index (χ0v) is 21.4. The van der Waals surface area contributed by atoms with Crippen molar-refractivity contribution < 1.29 is 28.4 Å². The molecule has 0 saturated carbocycles. The van der Waals surface area contributed by atoms with Gasteiger partial charge in [0.2, 0.25) is 11.8 Å². The Kier molecular flexibility index (Phi) is 7.42. The molecule has 0 fully saturated rings. The number of carbonyl (C=O) groups is 1. The average molecular weight is 524 g/mol. The molecular formula is C26H26FN5O6. The molecule has 0 radical (unpaired) electrons. The lowest BCUT2D eigenvalue weighted by atomic mass is 10.1. The predicted molar refractivity (Wildman–Crippen MR) is 138 cm³/mol. The van der Waals surface area contributed by atoms with Gasteiger partial charge in [-0.1, -0.05) is 18.2 Å². The van der Waals surface area contributed by atoms with Crippen molar-refractivity contribution in [2.24, 2.45) is 0 Å². The fourth-order valence-corrected chi connectivity index (χ4v) is 3.80. The molecule has 2 aromatic carbocycles. The average Bonchev–Trinajstić information content (AvgIpc) is 3.21. The topological polar surface area (TPSA) is 131 Å². The molecule has 2 aromatic heterocycles. The number of para-hydroxylation sites is 1. The molecule has 0 unspecified atom stereocenters. The van der Waals surface area contributed by atoms with Crippen molar-refractivity contribution >= 4 is 34.2 Å². The number of nitrogens with zero attached hydrogens (tertiary/aromatic N) is 4. The number of nitrogens with one attached hydrogen (secondary N) is 1. The third-order valence-electron chi connectivity index (χ3n) is 5.32. The first-order chi connectivity index (χ1) is 18.1. The zero-order valence-electron chi connectivity index (χ0n) is 21.4. The van der Waals surface area contributed by atoms with E-state index in [0.717, 1.165) is 23.0 Å². The Morgan fingerprint density at radius 3 is 2.55 bits per heavy atom. The standard InChI is InChI=1S/C26H26FN5O6/c1-14(2)37-25(33)17-12-28-26(29-20-11-22(32(34)35)19(27)10-23(20)36-5)30-24(17)18-13-31(38-15(3)4)21-9-7-6-8-16(18)21/h6-15H,1-5H3,(H,28,29,30). The SMILES string of the molecule is COc1cc(F)c([N+](=O)[O-])cc1Nc1ncc(C(=O)OC(C)C)c(-c2cn(OC(C)C)c3ccccc23)n1. The minimum absolute atomic E-state index is 0.00322. The van der Waals surface area contributed by atoms with E-state index in [-0.39, 0.29) is 40.9 Å². The van der Waals surface area contributed by atoms with E-state index < -0.39 is 22.4 Å². The van der Waals surface area contributed by atoms with Gasteiger partial charge in [-0.15, -0.1) is 0 Å². The number of methoxy groups -OCH3 is 1. The summed E-state index contributed by atoms with van der Waals surface area (Å²) in [5.74, 6) is -1.69. The van der Waals surface area contributed by atoms with Crippen molar-refractivity contribution in [2.75, 3.05) is 12.4 Å². The third kappa shape index (κ3) is 5.33. The van der Waals surface area contributed by atoms with Crippen LogP contribution in [-0.2, 0) is 4.74 Å². The van der Waals surface area contributed by atoms with Crippen molar-refractivity contribution in [3.05, 3.63) is 70.3 Å². The lowest BCUT2D eigenvalue weighted by Gasteiger charge is -2.14. The monoisotopic (exact) mass is 523 g/mol. The second kappa shape index (κ2) is 10.7. The zero-order chi connectivity index (χ0) is 27.6. The number of nitro benzene ring substituents is 1. The van der Waals surface area contributed by atoms with Crippen LogP contribution in [0.2, 0.25) is 0 Å². The highest BCUT2D eigenvalue weighted by molar-refractivity contribution is 6.02. The Morgan fingerprint density at radius 2 is 1.89 bits per heavy atom. The van der Waals surface area contributed by atoms with Crippen LogP contribution >= 0.6 is 0 Å². The van der Waals surface area contributed by atoms with Gasteiger partial charge in [-0.25, -0.2) is 14.8 Å². The highest BCUT2D eigenvalue weighted by Crippen LogP contribution is 2.35. The number of nitro groups is 1. The number of fused-ring (bicyclic) bond motifs is 1. The number of benzene rings is 2. The van der Waals surface area contributed by atoms with Gasteiger partial charge in [0, 0.05) is 29.3 Å². The summed E-state index contributed by atoms with van der Waals surface area (Å²) >= 11 is 0. The maximum absolute atomic E-state index is 14.1. The molecular weight excluding hydrogens is 497 g/mol. The first-order valence-corrected chi connectivity index (χ1v) is 11.7. The minimum Gasteiger partial charge on any atom is -0.494 e. The smallest absolute Gasteiger partial charge is 0.342 e. The van der Waals surface area contributed by atoms with E-state index in [1.54, 1.807) is 24.8 Å². The Labute approximate surface area is 217 Å². The Bertz CT molecular complexity index is 1520. The van der Waals surface area contributed by atoms with Gasteiger partial charge in [0.05, 0.1) is 41.2 Å². The molecule has 0 bridgehead atoms. The van der Waals surface area contributed by atoms with E-state index in [9.17, 15) is 19.3 Å². The Hall–Kier alpha value is -4.74. The van der Waals surface area contributed by atoms with Crippen molar-refractivity contribution in [1.82, 2.24) is 14.7 Å². The maximum Gasteiger partial charge on any atom is 0.342 e. The number of carbonyl (C=O) groups excluding carboxylic acids is 1. The fraction of sp³-hybridized carbons (Fsp3) is 0.269. The molecule has 198 valence electrons. The van der Waals surface area contributed by atoms with Crippen LogP contribution in [-0.4, -0.2) is 44.9 Å². The van der Waals surface area contributed by atoms with Crippen LogP contribution in [0.15, 0.2) is 48.8 Å². The van der Waals surface area contributed by atoms with Gasteiger partial charge in [-0.2, -0.15) is 9.12 Å². The van der Waals surface area contributed by atoms with Gasteiger partial charge >= 0.3 is 11.7 Å². The van der Waals surface area contributed by atoms with Crippen LogP contribution in [0, 0.1) is 15.9 Å². The Balaban J connectivity index is 1.89. The van der Waals surface area contributed by atoms with Gasteiger partial charge in [0.1, 0.15) is 17.4 Å². The van der Waals surface area contributed by atoms with Crippen LogP contribution in [0.5, 0.6) is 5.75 Å². The largest absolute Gasteiger partial charge is 0.494 e. The van der Waals surface area contributed by atoms with Crippen molar-refractivity contribution in [1.29, 1.82) is 0 Å². The second-order valence-corrected chi connectivity index (χ2v) is 8.84. The number of hydrogen-bond donors (Lipinski definition) is 1. The highest BCUT2D eigenvalue weighted by atomic mass is 19.1. The summed E-state index contributed by atoms with van der Waals surface area (Å²) < 4.78 is 26.3. The minimum atomic E-state index is -1.05. The van der Waals surface area contributed by atoms with Crippen LogP contribution < -0.4 is 14.9 Å². The highest BCUT2D eigenvalue weighted by Gasteiger charge is 2.24. The number of rotatable bonds is 9. The molecule has 0 atom stereocenters. The maximum atomic E-state index is 14.1. The summed E-state index contributed by atoms with van der Waals surface area (Å²) in [6, 6.07) is 9.33. The number of aromatic nitrogens is 3. The molecule has 0 saturated heterocycles. The molecule has 0 aliphatic carbocycles. The second-order valence-electron chi connectivity index (χ2n) is 8.84. The summed E-state index contributed by atoms with van der Waals surface area (Å²) in [7, 11) is 1.30. The third-order valence-corrected chi connectivity index (χ3v) is 5.32.